The summed E-state index contributed by atoms with van der Waals surface area (Å²) in [5.41, 5.74) is 3.90. The molecule has 0 bridgehead atoms. The molecule has 0 fully saturated rings. The molecule has 0 saturated carbocycles. The van der Waals surface area contributed by atoms with Gasteiger partial charge < -0.3 is 18.6 Å². The number of benzene rings is 4. The molecule has 0 unspecified atom stereocenters. The highest BCUT2D eigenvalue weighted by Gasteiger charge is 2.17. The van der Waals surface area contributed by atoms with Crippen molar-refractivity contribution in [3.8, 4) is 28.6 Å². The van der Waals surface area contributed by atoms with Gasteiger partial charge in [-0.15, -0.1) is 0 Å². The van der Waals surface area contributed by atoms with E-state index in [1.54, 1.807) is 32.4 Å². The maximum atomic E-state index is 12.9. The van der Waals surface area contributed by atoms with E-state index in [1.807, 2.05) is 78.9 Å². The molecule has 0 radical (unpaired) electrons. The maximum Gasteiger partial charge on any atom is 0.193 e. The second-order valence-corrected chi connectivity index (χ2v) is 9.50. The minimum Gasteiger partial charge on any atom is -0.497 e. The van der Waals surface area contributed by atoms with Crippen LogP contribution in [0.2, 0.25) is 0 Å². The molecule has 1 heterocycles. The number of rotatable bonds is 8. The summed E-state index contributed by atoms with van der Waals surface area (Å²) in [4.78, 5) is 12.9. The Balaban J connectivity index is 1.48. The van der Waals surface area contributed by atoms with E-state index in [1.165, 1.54) is 6.07 Å². The summed E-state index contributed by atoms with van der Waals surface area (Å²) in [7, 11) is 3.18. The summed E-state index contributed by atoms with van der Waals surface area (Å²) in [6.45, 7) is 0.511. The number of fused-ring (bicyclic) bond motifs is 1. The summed E-state index contributed by atoms with van der Waals surface area (Å²) in [5, 5.41) is 0.502. The fourth-order valence-corrected chi connectivity index (χ4v) is 4.50. The van der Waals surface area contributed by atoms with Gasteiger partial charge in [0.1, 0.15) is 35.2 Å². The van der Waals surface area contributed by atoms with E-state index in [2.05, 4.69) is 15.9 Å². The Morgan fingerprint density at radius 2 is 1.61 bits per heavy atom. The van der Waals surface area contributed by atoms with Crippen LogP contribution in [0.15, 0.2) is 105 Å². The SMILES string of the molecule is COc1cc(C=Cc2ccc(OCc3ccccc3)cc2)c(-c2cc(=O)c3cc(Br)ccc3o2)c(OC)c1. The zero-order valence-corrected chi connectivity index (χ0v) is 22.5. The van der Waals surface area contributed by atoms with Gasteiger partial charge in [0, 0.05) is 16.6 Å². The summed E-state index contributed by atoms with van der Waals surface area (Å²) >= 11 is 3.42. The number of methoxy groups -OCH3 is 2. The Morgan fingerprint density at radius 1 is 0.816 bits per heavy atom. The van der Waals surface area contributed by atoms with Crippen LogP contribution in [0.25, 0.3) is 34.4 Å². The van der Waals surface area contributed by atoms with Crippen LogP contribution in [0.3, 0.4) is 0 Å². The molecule has 0 N–H and O–H groups in total. The Labute approximate surface area is 229 Å². The van der Waals surface area contributed by atoms with Crippen LogP contribution >= 0.6 is 15.9 Å². The molecule has 5 aromatic rings. The second kappa shape index (κ2) is 11.4. The highest BCUT2D eigenvalue weighted by Crippen LogP contribution is 2.39. The Kier molecular flexibility index (Phi) is 7.61. The molecule has 5 rings (SSSR count). The fourth-order valence-electron chi connectivity index (χ4n) is 4.14. The van der Waals surface area contributed by atoms with Gasteiger partial charge in [0.15, 0.2) is 5.43 Å². The molecule has 38 heavy (non-hydrogen) atoms. The van der Waals surface area contributed by atoms with Crippen molar-refractivity contribution in [3.63, 3.8) is 0 Å². The molecule has 6 heteroatoms. The average Bonchev–Trinajstić information content (AvgIpc) is 2.95. The molecule has 0 aliphatic rings. The molecule has 0 amide bonds. The van der Waals surface area contributed by atoms with Crippen LogP contribution < -0.4 is 19.6 Å². The highest BCUT2D eigenvalue weighted by atomic mass is 79.9. The number of ether oxygens (including phenoxy) is 3. The van der Waals surface area contributed by atoms with Gasteiger partial charge in [-0.2, -0.15) is 0 Å². The molecule has 0 aliphatic heterocycles. The van der Waals surface area contributed by atoms with Gasteiger partial charge in [0.25, 0.3) is 0 Å². The summed E-state index contributed by atoms with van der Waals surface area (Å²) < 4.78 is 24.1. The third-order valence-corrected chi connectivity index (χ3v) is 6.57. The second-order valence-electron chi connectivity index (χ2n) is 8.59. The Bertz CT molecular complexity index is 1650. The minimum absolute atomic E-state index is 0.138. The lowest BCUT2D eigenvalue weighted by atomic mass is 10.0. The van der Waals surface area contributed by atoms with Crippen molar-refractivity contribution in [1.82, 2.24) is 0 Å². The van der Waals surface area contributed by atoms with Crippen molar-refractivity contribution in [1.29, 1.82) is 0 Å². The summed E-state index contributed by atoms with van der Waals surface area (Å²) in [6.07, 6.45) is 3.93. The van der Waals surface area contributed by atoms with Crippen molar-refractivity contribution < 1.29 is 18.6 Å². The van der Waals surface area contributed by atoms with E-state index in [0.29, 0.717) is 40.4 Å². The topological polar surface area (TPSA) is 57.9 Å². The molecule has 0 atom stereocenters. The molecule has 0 aliphatic carbocycles. The lowest BCUT2D eigenvalue weighted by Crippen LogP contribution is -2.02. The first-order valence-electron chi connectivity index (χ1n) is 12.0. The zero-order valence-electron chi connectivity index (χ0n) is 20.9. The normalized spacial score (nSPS) is 11.1. The van der Waals surface area contributed by atoms with Crippen LogP contribution in [-0.4, -0.2) is 14.2 Å². The van der Waals surface area contributed by atoms with Crippen molar-refractivity contribution >= 4 is 39.1 Å². The van der Waals surface area contributed by atoms with Gasteiger partial charge in [0.2, 0.25) is 0 Å². The lowest BCUT2D eigenvalue weighted by Gasteiger charge is -2.14. The van der Waals surface area contributed by atoms with Gasteiger partial charge >= 0.3 is 0 Å². The average molecular weight is 569 g/mol. The van der Waals surface area contributed by atoms with Gasteiger partial charge in [-0.3, -0.25) is 4.79 Å². The van der Waals surface area contributed by atoms with Crippen molar-refractivity contribution in [2.45, 2.75) is 6.61 Å². The van der Waals surface area contributed by atoms with Gasteiger partial charge in [-0.25, -0.2) is 0 Å². The minimum atomic E-state index is -0.138. The molecule has 1 aromatic heterocycles. The summed E-state index contributed by atoms with van der Waals surface area (Å²) in [6, 6.07) is 28.4. The third-order valence-electron chi connectivity index (χ3n) is 6.08. The first-order chi connectivity index (χ1) is 18.5. The molecular weight excluding hydrogens is 544 g/mol. The predicted octanol–water partition coefficient (Wildman–Crippen LogP) is 7.99. The van der Waals surface area contributed by atoms with Crippen LogP contribution in [0.1, 0.15) is 16.7 Å². The Morgan fingerprint density at radius 3 is 2.34 bits per heavy atom. The van der Waals surface area contributed by atoms with Gasteiger partial charge in [-0.05, 0) is 53.1 Å². The van der Waals surface area contributed by atoms with E-state index in [9.17, 15) is 4.79 Å². The lowest BCUT2D eigenvalue weighted by molar-refractivity contribution is 0.306. The van der Waals surface area contributed by atoms with Crippen molar-refractivity contribution in [2.75, 3.05) is 14.2 Å². The quantitative estimate of drug-likeness (QED) is 0.177. The third kappa shape index (κ3) is 5.66. The monoisotopic (exact) mass is 568 g/mol. The highest BCUT2D eigenvalue weighted by molar-refractivity contribution is 9.10. The standard InChI is InChI=1S/C32H25BrO5/c1-35-26-16-23(11-8-21-9-13-25(14-10-21)37-20-22-6-4-3-5-7-22)32(30(18-26)36-2)31-19-28(34)27-17-24(33)12-15-29(27)38-31/h3-19H,20H2,1-2H3. The zero-order chi connectivity index (χ0) is 26.5. The molecule has 5 nitrogen and oxygen atoms in total. The maximum absolute atomic E-state index is 12.9. The van der Waals surface area contributed by atoms with Crippen LogP contribution in [0, 0.1) is 0 Å². The number of halogens is 1. The van der Waals surface area contributed by atoms with E-state index >= 15 is 0 Å². The van der Waals surface area contributed by atoms with E-state index in [-0.39, 0.29) is 5.43 Å². The van der Waals surface area contributed by atoms with Gasteiger partial charge in [-0.1, -0.05) is 70.5 Å². The van der Waals surface area contributed by atoms with Crippen LogP contribution in [0.5, 0.6) is 17.2 Å². The molecule has 190 valence electrons. The molecular formula is C32H25BrO5. The van der Waals surface area contributed by atoms with E-state index in [4.69, 9.17) is 18.6 Å². The molecule has 0 spiro atoms. The van der Waals surface area contributed by atoms with Gasteiger partial charge in [0.05, 0.1) is 25.2 Å². The first-order valence-corrected chi connectivity index (χ1v) is 12.8. The smallest absolute Gasteiger partial charge is 0.193 e. The van der Waals surface area contributed by atoms with Crippen molar-refractivity contribution in [3.05, 3.63) is 122 Å². The molecule has 4 aromatic carbocycles. The molecule has 0 saturated heterocycles. The largest absolute Gasteiger partial charge is 0.497 e. The predicted molar refractivity (Wildman–Crippen MR) is 155 cm³/mol. The van der Waals surface area contributed by atoms with Crippen LogP contribution in [0.4, 0.5) is 0 Å². The van der Waals surface area contributed by atoms with Crippen molar-refractivity contribution in [2.24, 2.45) is 0 Å². The number of hydrogen-bond acceptors (Lipinski definition) is 5. The van der Waals surface area contributed by atoms with Crippen LogP contribution in [-0.2, 0) is 6.61 Å². The summed E-state index contributed by atoms with van der Waals surface area (Å²) in [5.74, 6) is 2.36. The van der Waals surface area contributed by atoms with E-state index in [0.717, 1.165) is 26.9 Å². The fraction of sp³-hybridized carbons (Fsp3) is 0.0938. The van der Waals surface area contributed by atoms with E-state index < -0.39 is 0 Å². The number of hydrogen-bond donors (Lipinski definition) is 0. The Hall–Kier alpha value is -4.29. The first kappa shape index (κ1) is 25.4.